The van der Waals surface area contributed by atoms with Crippen LogP contribution in [-0.4, -0.2) is 50.2 Å². The number of hydrogen-bond donors (Lipinski definition) is 0. The van der Waals surface area contributed by atoms with E-state index in [1.54, 1.807) is 0 Å². The zero-order chi connectivity index (χ0) is 17.9. The lowest BCUT2D eigenvalue weighted by atomic mass is 10.2. The maximum absolute atomic E-state index is 4.63. The van der Waals surface area contributed by atoms with Crippen LogP contribution >= 0.6 is 0 Å². The highest BCUT2D eigenvalue weighted by atomic mass is 15.3. The summed E-state index contributed by atoms with van der Waals surface area (Å²) in [6, 6.07) is 8.54. The molecule has 0 spiro atoms. The lowest BCUT2D eigenvalue weighted by molar-refractivity contribution is 0.736. The van der Waals surface area contributed by atoms with Crippen LogP contribution in [-0.2, 0) is 6.54 Å². The minimum Gasteiger partial charge on any atom is -0.378 e. The molecule has 1 heterocycles. The van der Waals surface area contributed by atoms with Gasteiger partial charge in [-0.1, -0.05) is 26.0 Å². The molecular weight excluding hydrogens is 300 g/mol. The molecule has 2 aromatic rings. The maximum Gasteiger partial charge on any atom is 0.230 e. The molecule has 0 saturated carbocycles. The van der Waals surface area contributed by atoms with Crippen LogP contribution in [0.25, 0.3) is 0 Å². The fraction of sp³-hybridized carbons (Fsp3) is 0.500. The summed E-state index contributed by atoms with van der Waals surface area (Å²) in [5.41, 5.74) is 2.42. The first-order valence-electron chi connectivity index (χ1n) is 8.18. The number of anilines is 3. The molecule has 0 aliphatic heterocycles. The molecule has 24 heavy (non-hydrogen) atoms. The van der Waals surface area contributed by atoms with Crippen LogP contribution in [0.4, 0.5) is 17.6 Å². The van der Waals surface area contributed by atoms with Gasteiger partial charge in [-0.15, -0.1) is 0 Å². The molecule has 6 nitrogen and oxygen atoms in total. The van der Waals surface area contributed by atoms with E-state index in [4.69, 9.17) is 0 Å². The average Bonchev–Trinajstić information content (AvgIpc) is 2.54. The number of aromatic nitrogens is 3. The van der Waals surface area contributed by atoms with Gasteiger partial charge in [0.2, 0.25) is 11.9 Å². The lowest BCUT2D eigenvalue weighted by Gasteiger charge is -2.21. The van der Waals surface area contributed by atoms with Crippen LogP contribution in [0.5, 0.6) is 0 Å². The monoisotopic (exact) mass is 328 g/mol. The third-order valence-electron chi connectivity index (χ3n) is 3.76. The highest BCUT2D eigenvalue weighted by Gasteiger charge is 2.14. The predicted molar refractivity (Wildman–Crippen MR) is 101 cm³/mol. The number of nitrogens with zero attached hydrogens (tertiary/aromatic N) is 6. The minimum absolute atomic E-state index is 0.262. The van der Waals surface area contributed by atoms with Gasteiger partial charge in [-0.05, 0) is 17.7 Å². The summed E-state index contributed by atoms with van der Waals surface area (Å²) >= 11 is 0. The van der Waals surface area contributed by atoms with Crippen LogP contribution in [0, 0.1) is 0 Å². The topological polar surface area (TPSA) is 48.4 Å². The van der Waals surface area contributed by atoms with Crippen LogP contribution in [0.3, 0.4) is 0 Å². The summed E-state index contributed by atoms with van der Waals surface area (Å²) in [4.78, 5) is 19.8. The maximum atomic E-state index is 4.63. The Morgan fingerprint density at radius 2 is 1.38 bits per heavy atom. The zero-order valence-electron chi connectivity index (χ0n) is 15.8. The largest absolute Gasteiger partial charge is 0.378 e. The fourth-order valence-electron chi connectivity index (χ4n) is 2.24. The van der Waals surface area contributed by atoms with Crippen molar-refractivity contribution in [3.8, 4) is 0 Å². The quantitative estimate of drug-likeness (QED) is 0.813. The molecule has 1 aromatic heterocycles. The molecule has 0 atom stereocenters. The molecule has 0 N–H and O–H groups in total. The lowest BCUT2D eigenvalue weighted by Crippen LogP contribution is -2.23. The Labute approximate surface area is 145 Å². The van der Waals surface area contributed by atoms with Gasteiger partial charge < -0.3 is 14.7 Å². The Bertz CT molecular complexity index is 637. The van der Waals surface area contributed by atoms with E-state index < -0.39 is 0 Å². The summed E-state index contributed by atoms with van der Waals surface area (Å²) in [7, 11) is 10.00. The molecule has 0 fully saturated rings. The molecule has 0 aliphatic carbocycles. The van der Waals surface area contributed by atoms with Crippen molar-refractivity contribution in [1.29, 1.82) is 0 Å². The Morgan fingerprint density at radius 1 is 0.792 bits per heavy atom. The Morgan fingerprint density at radius 3 is 1.88 bits per heavy atom. The van der Waals surface area contributed by atoms with E-state index in [1.807, 2.05) is 40.1 Å². The molecular formula is C18H28N6. The Kier molecular flexibility index (Phi) is 5.59. The van der Waals surface area contributed by atoms with Crippen molar-refractivity contribution in [2.45, 2.75) is 26.3 Å². The van der Waals surface area contributed by atoms with Crippen molar-refractivity contribution in [1.82, 2.24) is 15.0 Å². The van der Waals surface area contributed by atoms with E-state index in [0.717, 1.165) is 12.4 Å². The van der Waals surface area contributed by atoms with Crippen LogP contribution < -0.4 is 14.7 Å². The second-order valence-electron chi connectivity index (χ2n) is 6.76. The molecule has 6 heteroatoms. The third-order valence-corrected chi connectivity index (χ3v) is 3.76. The Balaban J connectivity index is 2.23. The van der Waals surface area contributed by atoms with Gasteiger partial charge in [0.05, 0.1) is 0 Å². The van der Waals surface area contributed by atoms with E-state index in [9.17, 15) is 0 Å². The standard InChI is InChI=1S/C18H28N6/c1-13(2)16-19-17(23(5)6)21-18(20-16)24(7)12-14-8-10-15(11-9-14)22(3)4/h8-11,13H,12H2,1-7H3. The first-order chi connectivity index (χ1) is 11.3. The van der Waals surface area contributed by atoms with E-state index >= 15 is 0 Å². The first-order valence-corrected chi connectivity index (χ1v) is 8.18. The molecule has 0 radical (unpaired) electrons. The predicted octanol–water partition coefficient (Wildman–Crippen LogP) is 2.76. The third kappa shape index (κ3) is 4.34. The SMILES string of the molecule is CC(C)c1nc(N(C)C)nc(N(C)Cc2ccc(N(C)C)cc2)n1. The van der Waals surface area contributed by atoms with Gasteiger partial charge in [-0.3, -0.25) is 0 Å². The second-order valence-corrected chi connectivity index (χ2v) is 6.76. The number of benzene rings is 1. The zero-order valence-corrected chi connectivity index (χ0v) is 15.8. The first kappa shape index (κ1) is 18.0. The van der Waals surface area contributed by atoms with E-state index in [1.165, 1.54) is 11.3 Å². The summed E-state index contributed by atoms with van der Waals surface area (Å²) < 4.78 is 0. The van der Waals surface area contributed by atoms with Gasteiger partial charge in [-0.2, -0.15) is 15.0 Å². The molecule has 2 rings (SSSR count). The number of rotatable bonds is 6. The highest BCUT2D eigenvalue weighted by Crippen LogP contribution is 2.19. The summed E-state index contributed by atoms with van der Waals surface area (Å²) in [6.07, 6.45) is 0. The van der Waals surface area contributed by atoms with Crippen molar-refractivity contribution in [2.75, 3.05) is 49.9 Å². The van der Waals surface area contributed by atoms with Gasteiger partial charge in [0.25, 0.3) is 0 Å². The van der Waals surface area contributed by atoms with Crippen molar-refractivity contribution in [2.24, 2.45) is 0 Å². The second kappa shape index (κ2) is 7.47. The van der Waals surface area contributed by atoms with E-state index in [2.05, 4.69) is 62.9 Å². The molecule has 1 aromatic carbocycles. The van der Waals surface area contributed by atoms with Crippen molar-refractivity contribution < 1.29 is 0 Å². The Hall–Kier alpha value is -2.37. The molecule has 0 aliphatic rings. The molecule has 0 saturated heterocycles. The van der Waals surface area contributed by atoms with Crippen molar-refractivity contribution >= 4 is 17.6 Å². The van der Waals surface area contributed by atoms with Crippen molar-refractivity contribution in [3.05, 3.63) is 35.7 Å². The van der Waals surface area contributed by atoms with Crippen molar-refractivity contribution in [3.63, 3.8) is 0 Å². The van der Waals surface area contributed by atoms with Gasteiger partial charge >= 0.3 is 0 Å². The highest BCUT2D eigenvalue weighted by molar-refractivity contribution is 5.47. The molecule has 0 amide bonds. The van der Waals surface area contributed by atoms with Gasteiger partial charge in [0, 0.05) is 53.4 Å². The summed E-state index contributed by atoms with van der Waals surface area (Å²) in [6.45, 7) is 4.94. The molecule has 130 valence electrons. The molecule has 0 bridgehead atoms. The van der Waals surface area contributed by atoms with Gasteiger partial charge in [0.1, 0.15) is 5.82 Å². The van der Waals surface area contributed by atoms with E-state index in [0.29, 0.717) is 11.9 Å². The molecule has 0 unspecified atom stereocenters. The van der Waals surface area contributed by atoms with E-state index in [-0.39, 0.29) is 5.92 Å². The van der Waals surface area contributed by atoms with Gasteiger partial charge in [-0.25, -0.2) is 0 Å². The van der Waals surface area contributed by atoms with Crippen LogP contribution in [0.15, 0.2) is 24.3 Å². The minimum atomic E-state index is 0.262. The smallest absolute Gasteiger partial charge is 0.230 e. The summed E-state index contributed by atoms with van der Waals surface area (Å²) in [5, 5.41) is 0. The number of hydrogen-bond acceptors (Lipinski definition) is 6. The average molecular weight is 328 g/mol. The summed E-state index contributed by atoms with van der Waals surface area (Å²) in [5.74, 6) is 2.48. The fourth-order valence-corrected chi connectivity index (χ4v) is 2.24. The van der Waals surface area contributed by atoms with Crippen LogP contribution in [0.2, 0.25) is 0 Å². The van der Waals surface area contributed by atoms with Crippen LogP contribution in [0.1, 0.15) is 31.2 Å². The van der Waals surface area contributed by atoms with Gasteiger partial charge in [0.15, 0.2) is 0 Å². The normalized spacial score (nSPS) is 10.8.